The maximum absolute atomic E-state index is 11.9. The van der Waals surface area contributed by atoms with Gasteiger partial charge in [-0.05, 0) is 67.3 Å². The molecule has 4 aliphatic rings. The molecule has 0 aromatic rings. The summed E-state index contributed by atoms with van der Waals surface area (Å²) in [5, 5.41) is 40.0. The van der Waals surface area contributed by atoms with Crippen LogP contribution in [-0.2, 0) is 19.0 Å². The van der Waals surface area contributed by atoms with Crippen molar-refractivity contribution in [2.75, 3.05) is 19.8 Å². The molecule has 2 aliphatic carbocycles. The summed E-state index contributed by atoms with van der Waals surface area (Å²) in [6, 6.07) is 0. The summed E-state index contributed by atoms with van der Waals surface area (Å²) in [4.78, 5) is 11.9. The van der Waals surface area contributed by atoms with Crippen LogP contribution in [0.2, 0.25) is 0 Å². The molecule has 8 nitrogen and oxygen atoms in total. The van der Waals surface area contributed by atoms with Crippen molar-refractivity contribution in [1.82, 2.24) is 0 Å². The number of carbonyl (C=O) groups excluding carboxylic acids is 1. The van der Waals surface area contributed by atoms with E-state index in [2.05, 4.69) is 20.4 Å². The van der Waals surface area contributed by atoms with Crippen LogP contribution in [0.15, 0.2) is 23.8 Å². The fourth-order valence-electron chi connectivity index (χ4n) is 7.17. The first-order valence-corrected chi connectivity index (χ1v) is 12.6. The Morgan fingerprint density at radius 3 is 2.62 bits per heavy atom. The normalized spacial score (nSPS) is 45.0. The predicted octanol–water partition coefficient (Wildman–Crippen LogP) is 1.85. The standard InChI is InChI=1S/C26H40O8/c1-15-5-8-19-25(2,14-33-24-22(30)21(29)20(28)18(13-27)34-24)10-4-11-26(19,3)17(15)7-6-16-9-12-32-23(16)31/h9,17-22,24,27-30H,1,4-8,10-14H2,2-3H3/t17-,18-,19-,20-,21+,22-,24?,25+,26+/m1/s1. The second kappa shape index (κ2) is 9.99. The van der Waals surface area contributed by atoms with E-state index in [-0.39, 0.29) is 16.8 Å². The Kier molecular flexibility index (Phi) is 7.58. The summed E-state index contributed by atoms with van der Waals surface area (Å²) in [6.07, 6.45) is 2.15. The molecule has 0 amide bonds. The van der Waals surface area contributed by atoms with Crippen LogP contribution in [0.3, 0.4) is 0 Å². The van der Waals surface area contributed by atoms with E-state index in [0.29, 0.717) is 31.5 Å². The van der Waals surface area contributed by atoms with Gasteiger partial charge in [0.05, 0.1) is 13.2 Å². The van der Waals surface area contributed by atoms with E-state index < -0.39 is 37.3 Å². The molecule has 1 unspecified atom stereocenters. The second-order valence-electron chi connectivity index (χ2n) is 11.2. The summed E-state index contributed by atoms with van der Waals surface area (Å²) >= 11 is 0. The van der Waals surface area contributed by atoms with Crippen LogP contribution in [0, 0.1) is 22.7 Å². The van der Waals surface area contributed by atoms with Gasteiger partial charge in [0.2, 0.25) is 0 Å². The lowest BCUT2D eigenvalue weighted by Gasteiger charge is -2.59. The monoisotopic (exact) mass is 480 g/mol. The number of ether oxygens (including phenoxy) is 3. The number of allylic oxidation sites excluding steroid dienone is 1. The van der Waals surface area contributed by atoms with Crippen LogP contribution in [-0.4, -0.2) is 76.9 Å². The van der Waals surface area contributed by atoms with Crippen LogP contribution in [0.5, 0.6) is 0 Å². The number of cyclic esters (lactones) is 1. The van der Waals surface area contributed by atoms with Gasteiger partial charge in [0.1, 0.15) is 31.0 Å². The van der Waals surface area contributed by atoms with E-state index in [1.54, 1.807) is 0 Å². The summed E-state index contributed by atoms with van der Waals surface area (Å²) in [7, 11) is 0. The Morgan fingerprint density at radius 1 is 1.18 bits per heavy atom. The van der Waals surface area contributed by atoms with Crippen molar-refractivity contribution in [2.24, 2.45) is 22.7 Å². The SMILES string of the molecule is C=C1CC[C@@H]2[C@](C)(COC3O[C@H](CO)[C@@H](O)[C@H](O)[C@H]3O)CCC[C@@]2(C)[C@@H]1CCC1=CCOC1=O. The highest BCUT2D eigenvalue weighted by Gasteiger charge is 2.55. The molecule has 0 bridgehead atoms. The van der Waals surface area contributed by atoms with Crippen molar-refractivity contribution in [3.63, 3.8) is 0 Å². The molecular weight excluding hydrogens is 440 g/mol. The Balaban J connectivity index is 1.46. The number of carbonyl (C=O) groups is 1. The molecule has 3 fully saturated rings. The topological polar surface area (TPSA) is 126 Å². The molecule has 1 saturated heterocycles. The first-order valence-electron chi connectivity index (χ1n) is 12.6. The lowest BCUT2D eigenvalue weighted by atomic mass is 9.47. The highest BCUT2D eigenvalue weighted by atomic mass is 16.7. The summed E-state index contributed by atoms with van der Waals surface area (Å²) in [5.41, 5.74) is 1.87. The van der Waals surface area contributed by atoms with E-state index in [0.717, 1.165) is 44.1 Å². The van der Waals surface area contributed by atoms with Gasteiger partial charge in [0.15, 0.2) is 6.29 Å². The number of fused-ring (bicyclic) bond motifs is 1. The number of aliphatic hydroxyl groups excluding tert-OH is 4. The molecule has 8 heteroatoms. The van der Waals surface area contributed by atoms with Gasteiger partial charge in [0, 0.05) is 5.57 Å². The fourth-order valence-corrected chi connectivity index (χ4v) is 7.17. The molecular formula is C26H40O8. The van der Waals surface area contributed by atoms with E-state index in [9.17, 15) is 25.2 Å². The Labute approximate surface area is 201 Å². The van der Waals surface area contributed by atoms with Gasteiger partial charge in [-0.25, -0.2) is 4.79 Å². The maximum atomic E-state index is 11.9. The molecule has 4 N–H and O–H groups in total. The number of esters is 1. The Bertz CT molecular complexity index is 809. The Morgan fingerprint density at radius 2 is 1.94 bits per heavy atom. The van der Waals surface area contributed by atoms with E-state index >= 15 is 0 Å². The molecule has 34 heavy (non-hydrogen) atoms. The fraction of sp³-hybridized carbons (Fsp3) is 0.808. The van der Waals surface area contributed by atoms with E-state index in [1.807, 2.05) is 6.08 Å². The van der Waals surface area contributed by atoms with E-state index in [4.69, 9.17) is 14.2 Å². The third-order valence-electron chi connectivity index (χ3n) is 9.08. The molecule has 0 aromatic carbocycles. The molecule has 0 spiro atoms. The third kappa shape index (κ3) is 4.61. The summed E-state index contributed by atoms with van der Waals surface area (Å²) in [5.74, 6) is 0.454. The maximum Gasteiger partial charge on any atom is 0.334 e. The van der Waals surface area contributed by atoms with Crippen molar-refractivity contribution in [3.05, 3.63) is 23.8 Å². The number of aliphatic hydroxyl groups is 4. The minimum Gasteiger partial charge on any atom is -0.458 e. The highest BCUT2D eigenvalue weighted by Crippen LogP contribution is 2.62. The summed E-state index contributed by atoms with van der Waals surface area (Å²) in [6.45, 7) is 9.21. The smallest absolute Gasteiger partial charge is 0.334 e. The molecule has 2 saturated carbocycles. The highest BCUT2D eigenvalue weighted by molar-refractivity contribution is 5.90. The molecule has 0 aromatic heterocycles. The van der Waals surface area contributed by atoms with Crippen molar-refractivity contribution < 1.29 is 39.4 Å². The van der Waals surface area contributed by atoms with Gasteiger partial charge in [-0.15, -0.1) is 0 Å². The predicted molar refractivity (Wildman–Crippen MR) is 123 cm³/mol. The van der Waals surface area contributed by atoms with E-state index in [1.165, 1.54) is 5.57 Å². The largest absolute Gasteiger partial charge is 0.458 e. The van der Waals surface area contributed by atoms with Gasteiger partial charge >= 0.3 is 5.97 Å². The van der Waals surface area contributed by atoms with Crippen LogP contribution in [0.25, 0.3) is 0 Å². The molecule has 9 atom stereocenters. The minimum atomic E-state index is -1.45. The zero-order chi connectivity index (χ0) is 24.7. The zero-order valence-corrected chi connectivity index (χ0v) is 20.3. The van der Waals surface area contributed by atoms with Gasteiger partial charge < -0.3 is 34.6 Å². The zero-order valence-electron chi connectivity index (χ0n) is 20.3. The average Bonchev–Trinajstić information content (AvgIpc) is 3.21. The van der Waals surface area contributed by atoms with Crippen LogP contribution in [0.1, 0.15) is 58.8 Å². The van der Waals surface area contributed by atoms with Crippen molar-refractivity contribution >= 4 is 5.97 Å². The second-order valence-corrected chi connectivity index (χ2v) is 11.2. The molecule has 4 rings (SSSR count). The van der Waals surface area contributed by atoms with Gasteiger partial charge in [-0.2, -0.15) is 0 Å². The van der Waals surface area contributed by atoms with Crippen molar-refractivity contribution in [2.45, 2.75) is 89.5 Å². The average molecular weight is 481 g/mol. The van der Waals surface area contributed by atoms with Gasteiger partial charge in [0.25, 0.3) is 0 Å². The number of hydrogen-bond donors (Lipinski definition) is 4. The minimum absolute atomic E-state index is 0.0180. The van der Waals surface area contributed by atoms with Crippen LogP contribution in [0.4, 0.5) is 0 Å². The van der Waals surface area contributed by atoms with Crippen molar-refractivity contribution in [3.8, 4) is 0 Å². The lowest BCUT2D eigenvalue weighted by Crippen LogP contribution is -2.60. The lowest BCUT2D eigenvalue weighted by molar-refractivity contribution is -0.309. The van der Waals surface area contributed by atoms with Crippen LogP contribution >= 0.6 is 0 Å². The van der Waals surface area contributed by atoms with Crippen molar-refractivity contribution in [1.29, 1.82) is 0 Å². The number of hydrogen-bond acceptors (Lipinski definition) is 8. The third-order valence-corrected chi connectivity index (χ3v) is 9.08. The molecule has 2 aliphatic heterocycles. The van der Waals surface area contributed by atoms with Gasteiger partial charge in [-0.3, -0.25) is 0 Å². The molecule has 2 heterocycles. The first-order chi connectivity index (χ1) is 16.1. The first kappa shape index (κ1) is 25.8. The molecule has 192 valence electrons. The number of rotatable bonds is 7. The Hall–Kier alpha value is -1.29. The van der Waals surface area contributed by atoms with Gasteiger partial charge in [-0.1, -0.05) is 32.4 Å². The molecule has 0 radical (unpaired) electrons. The summed E-state index contributed by atoms with van der Waals surface area (Å²) < 4.78 is 16.7. The van der Waals surface area contributed by atoms with Crippen LogP contribution < -0.4 is 0 Å². The quantitative estimate of drug-likeness (QED) is 0.321.